The zero-order valence-electron chi connectivity index (χ0n) is 10.6. The number of nitriles is 1. The second-order valence-corrected chi connectivity index (χ2v) is 4.48. The lowest BCUT2D eigenvalue weighted by Crippen LogP contribution is -1.97. The summed E-state index contributed by atoms with van der Waals surface area (Å²) in [6.07, 6.45) is 1.86. The van der Waals surface area contributed by atoms with Crippen molar-refractivity contribution in [3.8, 4) is 11.8 Å². The average Bonchev–Trinajstić information content (AvgIpc) is 2.92. The van der Waals surface area contributed by atoms with E-state index in [0.717, 1.165) is 10.9 Å². The van der Waals surface area contributed by atoms with E-state index in [4.69, 9.17) is 10.00 Å². The van der Waals surface area contributed by atoms with E-state index in [1.165, 1.54) is 12.1 Å². The second-order valence-electron chi connectivity index (χ2n) is 4.48. The molecule has 0 amide bonds. The maximum atomic E-state index is 13.3. The van der Waals surface area contributed by atoms with Gasteiger partial charge in [0.1, 0.15) is 18.2 Å². The Morgan fingerprint density at radius 3 is 2.90 bits per heavy atom. The Hall–Kier alpha value is -2.80. The lowest BCUT2D eigenvalue weighted by molar-refractivity contribution is 0.306. The zero-order chi connectivity index (χ0) is 13.9. The van der Waals surface area contributed by atoms with Crippen molar-refractivity contribution in [1.29, 1.82) is 5.26 Å². The normalized spacial score (nSPS) is 10.4. The molecular weight excluding hydrogens is 255 g/mol. The number of nitrogens with one attached hydrogen (secondary N) is 1. The lowest BCUT2D eigenvalue weighted by atomic mass is 10.1. The summed E-state index contributed by atoms with van der Waals surface area (Å²) >= 11 is 0. The van der Waals surface area contributed by atoms with Gasteiger partial charge in [-0.05, 0) is 48.0 Å². The van der Waals surface area contributed by atoms with Crippen LogP contribution in [0.1, 0.15) is 11.1 Å². The third kappa shape index (κ3) is 2.47. The number of aromatic amines is 1. The number of fused-ring (bicyclic) bond motifs is 1. The van der Waals surface area contributed by atoms with Gasteiger partial charge < -0.3 is 9.72 Å². The van der Waals surface area contributed by atoms with Gasteiger partial charge in [0, 0.05) is 17.1 Å². The fourth-order valence-electron chi connectivity index (χ4n) is 2.09. The first-order valence-corrected chi connectivity index (χ1v) is 6.14. The summed E-state index contributed by atoms with van der Waals surface area (Å²) < 4.78 is 18.9. The van der Waals surface area contributed by atoms with Crippen molar-refractivity contribution in [2.24, 2.45) is 0 Å². The summed E-state index contributed by atoms with van der Waals surface area (Å²) in [5.74, 6) is 0.281. The molecule has 0 saturated carbocycles. The van der Waals surface area contributed by atoms with Crippen LogP contribution in [0.25, 0.3) is 10.9 Å². The molecule has 3 rings (SSSR count). The topological polar surface area (TPSA) is 48.8 Å². The minimum absolute atomic E-state index is 0.225. The highest BCUT2D eigenvalue weighted by Crippen LogP contribution is 2.21. The number of benzene rings is 2. The highest BCUT2D eigenvalue weighted by Gasteiger charge is 2.03. The molecule has 0 aliphatic rings. The van der Waals surface area contributed by atoms with Gasteiger partial charge in [0.2, 0.25) is 0 Å². The van der Waals surface area contributed by atoms with Crippen molar-refractivity contribution in [3.05, 3.63) is 65.6 Å². The van der Waals surface area contributed by atoms with Gasteiger partial charge in [0.25, 0.3) is 0 Å². The van der Waals surface area contributed by atoms with E-state index < -0.39 is 5.82 Å². The number of H-pyrrole nitrogens is 1. The van der Waals surface area contributed by atoms with Crippen LogP contribution < -0.4 is 4.74 Å². The standard InChI is InChI=1S/C16H11FN2O/c17-14-6-11(9-18)5-12(7-14)10-20-15-1-2-16-13(8-15)3-4-19-16/h1-8,19H,10H2. The fourth-order valence-corrected chi connectivity index (χ4v) is 2.09. The molecule has 0 aliphatic heterocycles. The monoisotopic (exact) mass is 266 g/mol. The Balaban J connectivity index is 1.79. The molecule has 1 N–H and O–H groups in total. The van der Waals surface area contributed by atoms with Gasteiger partial charge in [-0.15, -0.1) is 0 Å². The maximum absolute atomic E-state index is 13.3. The summed E-state index contributed by atoms with van der Waals surface area (Å²) in [5, 5.41) is 9.86. The summed E-state index contributed by atoms with van der Waals surface area (Å²) in [6.45, 7) is 0.225. The molecular formula is C16H11FN2O. The molecule has 2 aromatic carbocycles. The van der Waals surface area contributed by atoms with Crippen LogP contribution in [0.3, 0.4) is 0 Å². The molecule has 20 heavy (non-hydrogen) atoms. The van der Waals surface area contributed by atoms with Crippen LogP contribution in [-0.4, -0.2) is 4.98 Å². The van der Waals surface area contributed by atoms with Crippen molar-refractivity contribution in [2.45, 2.75) is 6.61 Å². The van der Waals surface area contributed by atoms with Gasteiger partial charge in [0.05, 0.1) is 11.6 Å². The Morgan fingerprint density at radius 2 is 2.05 bits per heavy atom. The predicted molar refractivity (Wildman–Crippen MR) is 73.7 cm³/mol. The van der Waals surface area contributed by atoms with Crippen LogP contribution >= 0.6 is 0 Å². The molecule has 0 fully saturated rings. The van der Waals surface area contributed by atoms with Gasteiger partial charge in [0.15, 0.2) is 0 Å². The third-order valence-corrected chi connectivity index (χ3v) is 3.02. The van der Waals surface area contributed by atoms with Gasteiger partial charge in [-0.1, -0.05) is 0 Å². The second kappa shape index (κ2) is 5.06. The molecule has 0 atom stereocenters. The van der Waals surface area contributed by atoms with E-state index >= 15 is 0 Å². The SMILES string of the molecule is N#Cc1cc(F)cc(COc2ccc3[nH]ccc3c2)c1. The van der Waals surface area contributed by atoms with Gasteiger partial charge >= 0.3 is 0 Å². The minimum Gasteiger partial charge on any atom is -0.489 e. The van der Waals surface area contributed by atoms with Crippen LogP contribution in [0.2, 0.25) is 0 Å². The molecule has 98 valence electrons. The van der Waals surface area contributed by atoms with Crippen molar-refractivity contribution in [1.82, 2.24) is 4.98 Å². The predicted octanol–water partition coefficient (Wildman–Crippen LogP) is 3.76. The highest BCUT2D eigenvalue weighted by atomic mass is 19.1. The van der Waals surface area contributed by atoms with E-state index in [0.29, 0.717) is 16.9 Å². The number of rotatable bonds is 3. The highest BCUT2D eigenvalue weighted by molar-refractivity contribution is 5.80. The van der Waals surface area contributed by atoms with E-state index in [2.05, 4.69) is 4.98 Å². The largest absolute Gasteiger partial charge is 0.489 e. The molecule has 1 aromatic heterocycles. The first kappa shape index (κ1) is 12.2. The Morgan fingerprint density at radius 1 is 1.15 bits per heavy atom. The van der Waals surface area contributed by atoms with E-state index in [1.54, 1.807) is 6.07 Å². The van der Waals surface area contributed by atoms with Crippen molar-refractivity contribution in [3.63, 3.8) is 0 Å². The number of aromatic nitrogens is 1. The summed E-state index contributed by atoms with van der Waals surface area (Å²) in [4.78, 5) is 3.10. The molecule has 0 spiro atoms. The van der Waals surface area contributed by atoms with Gasteiger partial charge in [-0.25, -0.2) is 4.39 Å². The van der Waals surface area contributed by atoms with E-state index in [1.807, 2.05) is 36.5 Å². The van der Waals surface area contributed by atoms with Crippen LogP contribution in [0.5, 0.6) is 5.75 Å². The van der Waals surface area contributed by atoms with Gasteiger partial charge in [-0.3, -0.25) is 0 Å². The lowest BCUT2D eigenvalue weighted by Gasteiger charge is -2.07. The first-order valence-electron chi connectivity index (χ1n) is 6.14. The molecule has 3 aromatic rings. The molecule has 1 heterocycles. The van der Waals surface area contributed by atoms with Crippen molar-refractivity contribution >= 4 is 10.9 Å². The number of halogens is 1. The summed E-state index contributed by atoms with van der Waals surface area (Å²) in [5.41, 5.74) is 1.97. The third-order valence-electron chi connectivity index (χ3n) is 3.02. The van der Waals surface area contributed by atoms with Crippen LogP contribution in [-0.2, 0) is 6.61 Å². The maximum Gasteiger partial charge on any atom is 0.124 e. The smallest absolute Gasteiger partial charge is 0.124 e. The van der Waals surface area contributed by atoms with Crippen molar-refractivity contribution < 1.29 is 9.13 Å². The Labute approximate surface area is 115 Å². The molecule has 0 aliphatic carbocycles. The summed E-state index contributed by atoms with van der Waals surface area (Å²) in [7, 11) is 0. The minimum atomic E-state index is -0.427. The van der Waals surface area contributed by atoms with E-state index in [9.17, 15) is 4.39 Å². The first-order chi connectivity index (χ1) is 9.74. The van der Waals surface area contributed by atoms with Gasteiger partial charge in [-0.2, -0.15) is 5.26 Å². The Kier molecular flexibility index (Phi) is 3.10. The molecule has 0 unspecified atom stereocenters. The molecule has 0 radical (unpaired) electrons. The average molecular weight is 266 g/mol. The number of nitrogens with zero attached hydrogens (tertiary/aromatic N) is 1. The number of ether oxygens (including phenoxy) is 1. The van der Waals surface area contributed by atoms with Crippen molar-refractivity contribution in [2.75, 3.05) is 0 Å². The number of hydrogen-bond acceptors (Lipinski definition) is 2. The Bertz CT molecular complexity index is 802. The van der Waals surface area contributed by atoms with Crippen LogP contribution in [0.4, 0.5) is 4.39 Å². The summed E-state index contributed by atoms with van der Waals surface area (Å²) in [6, 6.07) is 13.8. The molecule has 4 heteroatoms. The molecule has 3 nitrogen and oxygen atoms in total. The fraction of sp³-hybridized carbons (Fsp3) is 0.0625. The number of hydrogen-bond donors (Lipinski definition) is 1. The molecule has 0 bridgehead atoms. The van der Waals surface area contributed by atoms with Crippen LogP contribution in [0, 0.1) is 17.1 Å². The van der Waals surface area contributed by atoms with Crippen LogP contribution in [0.15, 0.2) is 48.7 Å². The van der Waals surface area contributed by atoms with E-state index in [-0.39, 0.29) is 6.61 Å². The zero-order valence-corrected chi connectivity index (χ0v) is 10.6. The molecule has 0 saturated heterocycles. The quantitative estimate of drug-likeness (QED) is 0.784.